The Labute approximate surface area is 119 Å². The second-order valence-corrected chi connectivity index (χ2v) is 6.24. The van der Waals surface area contributed by atoms with Crippen molar-refractivity contribution in [1.82, 2.24) is 4.98 Å². The number of anilines is 1. The summed E-state index contributed by atoms with van der Waals surface area (Å²) in [5.74, 6) is 6.24. The molecule has 0 unspecified atom stereocenters. The topological polar surface area (TPSA) is 50.9 Å². The average Bonchev–Trinajstić information content (AvgIpc) is 2.93. The van der Waals surface area contributed by atoms with E-state index in [2.05, 4.69) is 52.9 Å². The molecule has 0 radical (unpaired) electrons. The Balaban J connectivity index is 1.74. The number of nitrogen functional groups attached to an aromatic ring is 1. The fraction of sp³-hybridized carbons (Fsp3) is 0.0714. The SMILES string of the molecule is NNc1ncc(CSc2ccc3ccccc3c2)s1. The first kappa shape index (κ1) is 12.5. The number of aromatic nitrogens is 1. The molecule has 0 aliphatic rings. The number of rotatable bonds is 4. The molecule has 3 rings (SSSR count). The number of hydrogen-bond donors (Lipinski definition) is 2. The Kier molecular flexibility index (Phi) is 3.68. The lowest BCUT2D eigenvalue weighted by Gasteiger charge is -2.02. The molecule has 0 spiro atoms. The largest absolute Gasteiger partial charge is 0.300 e. The Morgan fingerprint density at radius 2 is 2.00 bits per heavy atom. The van der Waals surface area contributed by atoms with Crippen LogP contribution in [0.4, 0.5) is 5.13 Å². The summed E-state index contributed by atoms with van der Waals surface area (Å²) >= 11 is 3.40. The van der Waals surface area contributed by atoms with Crippen LogP contribution in [0.15, 0.2) is 53.6 Å². The van der Waals surface area contributed by atoms with Gasteiger partial charge < -0.3 is 0 Å². The molecule has 1 heterocycles. The van der Waals surface area contributed by atoms with E-state index < -0.39 is 0 Å². The monoisotopic (exact) mass is 287 g/mol. The highest BCUT2D eigenvalue weighted by molar-refractivity contribution is 7.98. The molecule has 0 aliphatic heterocycles. The number of nitrogens with zero attached hydrogens (tertiary/aromatic N) is 1. The molecule has 3 nitrogen and oxygen atoms in total. The van der Waals surface area contributed by atoms with E-state index in [-0.39, 0.29) is 0 Å². The Morgan fingerprint density at radius 1 is 1.16 bits per heavy atom. The number of hydrazine groups is 1. The summed E-state index contributed by atoms with van der Waals surface area (Å²) in [6.45, 7) is 0. The fourth-order valence-corrected chi connectivity index (χ4v) is 3.54. The van der Waals surface area contributed by atoms with Gasteiger partial charge in [0.25, 0.3) is 0 Å². The highest BCUT2D eigenvalue weighted by Crippen LogP contribution is 2.29. The smallest absolute Gasteiger partial charge is 0.197 e. The van der Waals surface area contributed by atoms with E-state index in [1.807, 2.05) is 18.0 Å². The molecule has 3 N–H and O–H groups in total. The van der Waals surface area contributed by atoms with Gasteiger partial charge in [0.1, 0.15) is 0 Å². The van der Waals surface area contributed by atoms with Crippen molar-refractivity contribution in [2.45, 2.75) is 10.6 Å². The molecule has 1 aromatic heterocycles. The highest BCUT2D eigenvalue weighted by Gasteiger charge is 2.02. The molecule has 0 saturated carbocycles. The van der Waals surface area contributed by atoms with Crippen LogP contribution >= 0.6 is 23.1 Å². The number of thioether (sulfide) groups is 1. The highest BCUT2D eigenvalue weighted by atomic mass is 32.2. The van der Waals surface area contributed by atoms with Crippen molar-refractivity contribution < 1.29 is 0 Å². The first-order valence-electron chi connectivity index (χ1n) is 5.88. The van der Waals surface area contributed by atoms with E-state index in [1.165, 1.54) is 20.5 Å². The standard InChI is InChI=1S/C14H13N3S2/c15-17-14-16-8-13(19-14)9-18-12-6-5-10-3-1-2-4-11(10)7-12/h1-8H,9,15H2,(H,16,17). The van der Waals surface area contributed by atoms with Crippen molar-refractivity contribution in [3.63, 3.8) is 0 Å². The first-order valence-corrected chi connectivity index (χ1v) is 7.68. The zero-order valence-corrected chi connectivity index (χ0v) is 11.8. The number of benzene rings is 2. The zero-order chi connectivity index (χ0) is 13.1. The maximum absolute atomic E-state index is 5.32. The molecule has 19 heavy (non-hydrogen) atoms. The van der Waals surface area contributed by atoms with E-state index in [1.54, 1.807) is 11.3 Å². The van der Waals surface area contributed by atoms with Gasteiger partial charge in [0.05, 0.1) is 0 Å². The number of nitrogens with two attached hydrogens (primary N) is 1. The van der Waals surface area contributed by atoms with Crippen LogP contribution < -0.4 is 11.3 Å². The summed E-state index contributed by atoms with van der Waals surface area (Å²) in [6.07, 6.45) is 1.87. The third-order valence-electron chi connectivity index (χ3n) is 2.78. The van der Waals surface area contributed by atoms with Crippen LogP contribution in [0, 0.1) is 0 Å². The molecule has 0 aliphatic carbocycles. The number of fused-ring (bicyclic) bond motifs is 1. The third-order valence-corrected chi connectivity index (χ3v) is 4.93. The summed E-state index contributed by atoms with van der Waals surface area (Å²) in [5, 5.41) is 3.31. The van der Waals surface area contributed by atoms with Gasteiger partial charge in [-0.3, -0.25) is 5.43 Å². The molecule has 3 aromatic rings. The summed E-state index contributed by atoms with van der Waals surface area (Å²) in [6, 6.07) is 15.0. The van der Waals surface area contributed by atoms with Gasteiger partial charge in [-0.15, -0.1) is 23.1 Å². The van der Waals surface area contributed by atoms with Crippen LogP contribution in [0.25, 0.3) is 10.8 Å². The maximum atomic E-state index is 5.32. The number of nitrogens with one attached hydrogen (secondary N) is 1. The van der Waals surface area contributed by atoms with Crippen LogP contribution in [0.3, 0.4) is 0 Å². The van der Waals surface area contributed by atoms with Gasteiger partial charge in [-0.05, 0) is 22.9 Å². The molecule has 2 aromatic carbocycles. The molecular formula is C14H13N3S2. The summed E-state index contributed by atoms with van der Waals surface area (Å²) in [4.78, 5) is 6.65. The lowest BCUT2D eigenvalue weighted by Crippen LogP contribution is -2.05. The second-order valence-electron chi connectivity index (χ2n) is 4.07. The van der Waals surface area contributed by atoms with Gasteiger partial charge in [-0.1, -0.05) is 30.3 Å². The third kappa shape index (κ3) is 2.89. The van der Waals surface area contributed by atoms with Crippen LogP contribution in [-0.2, 0) is 5.75 Å². The molecule has 96 valence electrons. The van der Waals surface area contributed by atoms with Gasteiger partial charge in [-0.25, -0.2) is 10.8 Å². The summed E-state index contributed by atoms with van der Waals surface area (Å²) < 4.78 is 0. The van der Waals surface area contributed by atoms with E-state index >= 15 is 0 Å². The van der Waals surface area contributed by atoms with E-state index in [0.717, 1.165) is 10.9 Å². The van der Waals surface area contributed by atoms with Crippen molar-refractivity contribution in [1.29, 1.82) is 0 Å². The lowest BCUT2D eigenvalue weighted by molar-refractivity contribution is 1.28. The lowest BCUT2D eigenvalue weighted by atomic mass is 10.1. The normalized spacial score (nSPS) is 10.8. The predicted molar refractivity (Wildman–Crippen MR) is 83.4 cm³/mol. The molecule has 0 atom stereocenters. The van der Waals surface area contributed by atoms with Gasteiger partial charge in [0.2, 0.25) is 0 Å². The van der Waals surface area contributed by atoms with E-state index in [0.29, 0.717) is 0 Å². The Hall–Kier alpha value is -1.56. The molecular weight excluding hydrogens is 274 g/mol. The Bertz CT molecular complexity index is 694. The van der Waals surface area contributed by atoms with Gasteiger partial charge in [-0.2, -0.15) is 0 Å². The maximum Gasteiger partial charge on any atom is 0.197 e. The summed E-state index contributed by atoms with van der Waals surface area (Å²) in [5.41, 5.74) is 2.57. The first-order chi connectivity index (χ1) is 9.35. The van der Waals surface area contributed by atoms with Gasteiger partial charge >= 0.3 is 0 Å². The minimum Gasteiger partial charge on any atom is -0.300 e. The van der Waals surface area contributed by atoms with Crippen LogP contribution in [-0.4, -0.2) is 4.98 Å². The minimum absolute atomic E-state index is 0.758. The molecule has 0 bridgehead atoms. The van der Waals surface area contributed by atoms with Crippen molar-refractivity contribution in [2.24, 2.45) is 5.84 Å². The van der Waals surface area contributed by atoms with Crippen LogP contribution in [0.5, 0.6) is 0 Å². The number of thiazole rings is 1. The molecule has 0 amide bonds. The quantitative estimate of drug-likeness (QED) is 0.434. The number of hydrogen-bond acceptors (Lipinski definition) is 5. The summed E-state index contributed by atoms with van der Waals surface area (Å²) in [7, 11) is 0. The molecule has 0 fully saturated rings. The zero-order valence-electron chi connectivity index (χ0n) is 10.2. The van der Waals surface area contributed by atoms with Crippen molar-refractivity contribution in [3.05, 3.63) is 53.5 Å². The van der Waals surface area contributed by atoms with Crippen molar-refractivity contribution in [3.8, 4) is 0 Å². The van der Waals surface area contributed by atoms with Gasteiger partial charge in [0.15, 0.2) is 5.13 Å². The van der Waals surface area contributed by atoms with E-state index in [4.69, 9.17) is 5.84 Å². The van der Waals surface area contributed by atoms with E-state index in [9.17, 15) is 0 Å². The minimum atomic E-state index is 0.758. The second kappa shape index (κ2) is 5.61. The van der Waals surface area contributed by atoms with Gasteiger partial charge in [0, 0.05) is 21.7 Å². The average molecular weight is 287 g/mol. The van der Waals surface area contributed by atoms with Crippen LogP contribution in [0.1, 0.15) is 4.88 Å². The fourth-order valence-electron chi connectivity index (χ4n) is 1.85. The predicted octanol–water partition coefficient (Wildman–Crippen LogP) is 3.87. The Morgan fingerprint density at radius 3 is 2.79 bits per heavy atom. The van der Waals surface area contributed by atoms with Crippen molar-refractivity contribution >= 4 is 39.0 Å². The molecule has 5 heteroatoms. The van der Waals surface area contributed by atoms with Crippen LogP contribution in [0.2, 0.25) is 0 Å². The molecule has 0 saturated heterocycles. The van der Waals surface area contributed by atoms with Crippen molar-refractivity contribution in [2.75, 3.05) is 5.43 Å².